The van der Waals surface area contributed by atoms with Crippen molar-refractivity contribution in [2.75, 3.05) is 0 Å². The maximum atomic E-state index is 12.2. The molecule has 0 unspecified atom stereocenters. The fourth-order valence-corrected chi connectivity index (χ4v) is 3.23. The van der Waals surface area contributed by atoms with Gasteiger partial charge in [-0.25, -0.2) is 0 Å². The molecule has 0 atom stereocenters. The van der Waals surface area contributed by atoms with Gasteiger partial charge in [0, 0.05) is 29.1 Å². The van der Waals surface area contributed by atoms with Crippen LogP contribution in [0.5, 0.6) is 5.75 Å². The van der Waals surface area contributed by atoms with Gasteiger partial charge < -0.3 is 13.7 Å². The molecular formula is C21H17NO3S. The maximum absolute atomic E-state index is 12.2. The number of nitrogens with zero attached hydrogens (tertiary/aromatic N) is 1. The van der Waals surface area contributed by atoms with Crippen molar-refractivity contribution in [3.8, 4) is 16.9 Å². The molecule has 130 valence electrons. The minimum Gasteiger partial charge on any atom is -0.489 e. The molecule has 4 aromatic rings. The number of benzene rings is 2. The summed E-state index contributed by atoms with van der Waals surface area (Å²) in [7, 11) is 1.71. The molecule has 0 radical (unpaired) electrons. The Kier molecular flexibility index (Phi) is 4.31. The number of hydrogen-bond acceptors (Lipinski definition) is 4. The lowest BCUT2D eigenvalue weighted by atomic mass is 10.0. The van der Waals surface area contributed by atoms with Gasteiger partial charge in [0.05, 0.1) is 6.26 Å². The number of hydrogen-bond donors (Lipinski definition) is 1. The average molecular weight is 363 g/mol. The van der Waals surface area contributed by atoms with E-state index in [4.69, 9.17) is 9.15 Å². The molecule has 0 aliphatic carbocycles. The summed E-state index contributed by atoms with van der Waals surface area (Å²) in [5.41, 5.74) is 3.11. The van der Waals surface area contributed by atoms with Crippen molar-refractivity contribution in [1.82, 2.24) is 4.57 Å². The van der Waals surface area contributed by atoms with Crippen LogP contribution in [-0.4, -0.2) is 4.57 Å². The van der Waals surface area contributed by atoms with Crippen LogP contribution < -0.4 is 10.3 Å². The van der Waals surface area contributed by atoms with Crippen molar-refractivity contribution in [3.05, 3.63) is 83.0 Å². The van der Waals surface area contributed by atoms with E-state index in [1.807, 2.05) is 60.8 Å². The van der Waals surface area contributed by atoms with Gasteiger partial charge >= 0.3 is 0 Å². The van der Waals surface area contributed by atoms with Crippen LogP contribution in [0.15, 0.2) is 81.2 Å². The number of pyridine rings is 1. The molecule has 2 aromatic heterocycles. The number of fused-ring (bicyclic) bond motifs is 1. The SMILES string of the molecule is Cn1cc(-c2cc(S)cc(OCc3ccccc3)c2)c2ccoc2c1=O. The highest BCUT2D eigenvalue weighted by molar-refractivity contribution is 7.80. The van der Waals surface area contributed by atoms with Crippen LogP contribution in [0.4, 0.5) is 0 Å². The monoisotopic (exact) mass is 363 g/mol. The quantitative estimate of drug-likeness (QED) is 0.536. The highest BCUT2D eigenvalue weighted by Crippen LogP contribution is 2.32. The van der Waals surface area contributed by atoms with E-state index >= 15 is 0 Å². The first-order chi connectivity index (χ1) is 12.6. The molecule has 0 fully saturated rings. The Labute approximate surface area is 156 Å². The molecule has 26 heavy (non-hydrogen) atoms. The molecule has 0 saturated heterocycles. The van der Waals surface area contributed by atoms with E-state index in [1.165, 1.54) is 10.8 Å². The third-order valence-electron chi connectivity index (χ3n) is 4.24. The van der Waals surface area contributed by atoms with Gasteiger partial charge in [0.1, 0.15) is 12.4 Å². The Bertz CT molecular complexity index is 1130. The van der Waals surface area contributed by atoms with Crippen LogP contribution in [0.1, 0.15) is 5.56 Å². The number of furan rings is 1. The Balaban J connectivity index is 1.74. The third-order valence-corrected chi connectivity index (χ3v) is 4.50. The molecule has 0 aliphatic heterocycles. The minimum atomic E-state index is -0.156. The zero-order valence-electron chi connectivity index (χ0n) is 14.2. The van der Waals surface area contributed by atoms with E-state index < -0.39 is 0 Å². The summed E-state index contributed by atoms with van der Waals surface area (Å²) in [6.45, 7) is 0.478. The first-order valence-corrected chi connectivity index (χ1v) is 8.64. The largest absolute Gasteiger partial charge is 0.489 e. The summed E-state index contributed by atoms with van der Waals surface area (Å²) < 4.78 is 12.8. The fourth-order valence-electron chi connectivity index (χ4n) is 2.96. The predicted molar refractivity (Wildman–Crippen MR) is 105 cm³/mol. The van der Waals surface area contributed by atoms with E-state index in [1.54, 1.807) is 7.05 Å². The minimum absolute atomic E-state index is 0.156. The molecule has 5 heteroatoms. The second kappa shape index (κ2) is 6.77. The van der Waals surface area contributed by atoms with E-state index in [9.17, 15) is 4.79 Å². The summed E-state index contributed by atoms with van der Waals surface area (Å²) in [6.07, 6.45) is 3.34. The first-order valence-electron chi connectivity index (χ1n) is 8.20. The molecule has 4 rings (SSSR count). The molecule has 0 spiro atoms. The summed E-state index contributed by atoms with van der Waals surface area (Å²) in [4.78, 5) is 13.0. The van der Waals surface area contributed by atoms with Crippen molar-refractivity contribution < 1.29 is 9.15 Å². The number of aromatic nitrogens is 1. The summed E-state index contributed by atoms with van der Waals surface area (Å²) in [6, 6.07) is 17.6. The number of rotatable bonds is 4. The second-order valence-electron chi connectivity index (χ2n) is 6.11. The van der Waals surface area contributed by atoms with Crippen molar-refractivity contribution in [2.24, 2.45) is 7.05 Å². The topological polar surface area (TPSA) is 44.4 Å². The Morgan fingerprint density at radius 1 is 1.12 bits per heavy atom. The zero-order chi connectivity index (χ0) is 18.1. The molecular weight excluding hydrogens is 346 g/mol. The molecule has 0 N–H and O–H groups in total. The van der Waals surface area contributed by atoms with Gasteiger partial charge in [-0.1, -0.05) is 30.3 Å². The lowest BCUT2D eigenvalue weighted by molar-refractivity contribution is 0.305. The van der Waals surface area contributed by atoms with Crippen LogP contribution >= 0.6 is 12.6 Å². The van der Waals surface area contributed by atoms with Crippen LogP contribution in [0.2, 0.25) is 0 Å². The summed E-state index contributed by atoms with van der Waals surface area (Å²) >= 11 is 4.51. The van der Waals surface area contributed by atoms with E-state index in [0.717, 1.165) is 32.7 Å². The average Bonchev–Trinajstić information content (AvgIpc) is 3.13. The van der Waals surface area contributed by atoms with Gasteiger partial charge in [-0.2, -0.15) is 0 Å². The van der Waals surface area contributed by atoms with E-state index in [2.05, 4.69) is 12.6 Å². The molecule has 4 nitrogen and oxygen atoms in total. The standard InChI is InChI=1S/C21H17NO3S/c1-22-12-19(18-7-8-24-20(18)21(22)23)15-9-16(11-17(26)10-15)25-13-14-5-3-2-4-6-14/h2-12,26H,13H2,1H3. The molecule has 2 heterocycles. The van der Waals surface area contributed by atoms with Crippen molar-refractivity contribution in [2.45, 2.75) is 11.5 Å². The molecule has 0 aliphatic rings. The van der Waals surface area contributed by atoms with Gasteiger partial charge in [-0.3, -0.25) is 4.79 Å². The number of ether oxygens (including phenoxy) is 1. The van der Waals surface area contributed by atoms with Gasteiger partial charge in [0.15, 0.2) is 5.58 Å². The molecule has 0 saturated carbocycles. The van der Waals surface area contributed by atoms with E-state index in [0.29, 0.717) is 12.2 Å². The van der Waals surface area contributed by atoms with Crippen LogP contribution in [0.3, 0.4) is 0 Å². The Morgan fingerprint density at radius 3 is 2.73 bits per heavy atom. The third kappa shape index (κ3) is 3.13. The highest BCUT2D eigenvalue weighted by atomic mass is 32.1. The summed E-state index contributed by atoms with van der Waals surface area (Å²) in [5.74, 6) is 0.724. The lowest BCUT2D eigenvalue weighted by Crippen LogP contribution is -2.15. The zero-order valence-corrected chi connectivity index (χ0v) is 15.1. The van der Waals surface area contributed by atoms with Gasteiger partial charge in [0.2, 0.25) is 0 Å². The smallest absolute Gasteiger partial charge is 0.293 e. The van der Waals surface area contributed by atoms with Gasteiger partial charge in [0.25, 0.3) is 5.56 Å². The molecule has 2 aromatic carbocycles. The van der Waals surface area contributed by atoms with Crippen molar-refractivity contribution in [1.29, 1.82) is 0 Å². The molecule has 0 amide bonds. The summed E-state index contributed by atoms with van der Waals surface area (Å²) in [5, 5.41) is 0.779. The maximum Gasteiger partial charge on any atom is 0.293 e. The molecule has 0 bridgehead atoms. The van der Waals surface area contributed by atoms with Gasteiger partial charge in [-0.15, -0.1) is 12.6 Å². The van der Waals surface area contributed by atoms with Crippen LogP contribution in [0, 0.1) is 0 Å². The fraction of sp³-hybridized carbons (Fsp3) is 0.0952. The van der Waals surface area contributed by atoms with Gasteiger partial charge in [-0.05, 0) is 35.4 Å². The van der Waals surface area contributed by atoms with E-state index in [-0.39, 0.29) is 5.56 Å². The highest BCUT2D eigenvalue weighted by Gasteiger charge is 2.13. The Morgan fingerprint density at radius 2 is 1.92 bits per heavy atom. The number of thiol groups is 1. The normalized spacial score (nSPS) is 11.0. The Hall–Kier alpha value is -2.92. The first kappa shape index (κ1) is 16.5. The number of aryl methyl sites for hydroxylation is 1. The van der Waals surface area contributed by atoms with Crippen LogP contribution in [0.25, 0.3) is 22.1 Å². The second-order valence-corrected chi connectivity index (χ2v) is 6.63. The predicted octanol–water partition coefficient (Wildman–Crippen LogP) is 4.67. The van der Waals surface area contributed by atoms with Crippen LogP contribution in [-0.2, 0) is 13.7 Å². The lowest BCUT2D eigenvalue weighted by Gasteiger charge is -2.11. The van der Waals surface area contributed by atoms with Crippen molar-refractivity contribution >= 4 is 23.6 Å². The van der Waals surface area contributed by atoms with Crippen molar-refractivity contribution in [3.63, 3.8) is 0 Å².